The Morgan fingerprint density at radius 3 is 2.28 bits per heavy atom. The average Bonchev–Trinajstić information content (AvgIpc) is 3.04. The second-order valence-corrected chi connectivity index (χ2v) is 10.9. The fourth-order valence-electron chi connectivity index (χ4n) is 5.56. The van der Waals surface area contributed by atoms with Gasteiger partial charge in [0.15, 0.2) is 0 Å². The standard InChI is InChI=1S/C33H35F3N4O3/c34-33(35,36)31-20-27(7-6-25(31)21-37)38-26-8-12-29(13-9-26)43-23-32(41)40-18-16-39(17-19-40)28-10-14-30(15-11-28)42-22-24-4-2-1-3-5-24/h1-7,10-11,14-15,20,26,29,38H,8-9,12-13,16-19,22-23H2. The van der Waals surface area contributed by atoms with Gasteiger partial charge in [-0.25, -0.2) is 0 Å². The van der Waals surface area contributed by atoms with Crippen LogP contribution in [0.25, 0.3) is 0 Å². The first-order valence-electron chi connectivity index (χ1n) is 14.6. The van der Waals surface area contributed by atoms with Gasteiger partial charge in [0, 0.05) is 43.6 Å². The Kier molecular flexibility index (Phi) is 9.72. The lowest BCUT2D eigenvalue weighted by Gasteiger charge is -2.36. The average molecular weight is 593 g/mol. The molecular formula is C33H35F3N4O3. The van der Waals surface area contributed by atoms with E-state index in [0.29, 0.717) is 38.2 Å². The number of alkyl halides is 3. The van der Waals surface area contributed by atoms with Gasteiger partial charge in [-0.05, 0) is 73.7 Å². The van der Waals surface area contributed by atoms with Gasteiger partial charge in [0.05, 0.1) is 23.3 Å². The van der Waals surface area contributed by atoms with Crippen LogP contribution in [0.2, 0.25) is 0 Å². The van der Waals surface area contributed by atoms with Gasteiger partial charge in [0.25, 0.3) is 0 Å². The third kappa shape index (κ3) is 8.20. The lowest BCUT2D eigenvalue weighted by molar-refractivity contribution is -0.139. The molecule has 1 heterocycles. The number of carbonyl (C=O) groups is 1. The van der Waals surface area contributed by atoms with Crippen molar-refractivity contribution in [2.45, 2.75) is 50.6 Å². The summed E-state index contributed by atoms with van der Waals surface area (Å²) in [6, 6.07) is 23.4. The molecule has 3 aromatic carbocycles. The van der Waals surface area contributed by atoms with Crippen molar-refractivity contribution in [1.82, 2.24) is 4.90 Å². The maximum atomic E-state index is 13.3. The first-order valence-corrected chi connectivity index (χ1v) is 14.6. The van der Waals surface area contributed by atoms with Crippen LogP contribution in [0.5, 0.6) is 5.75 Å². The molecular weight excluding hydrogens is 557 g/mol. The van der Waals surface area contributed by atoms with E-state index < -0.39 is 11.7 Å². The van der Waals surface area contributed by atoms with Crippen molar-refractivity contribution in [3.63, 3.8) is 0 Å². The molecule has 2 fully saturated rings. The molecule has 226 valence electrons. The highest BCUT2D eigenvalue weighted by molar-refractivity contribution is 5.77. The number of rotatable bonds is 9. The Labute approximate surface area is 249 Å². The number of amides is 1. The number of anilines is 2. The van der Waals surface area contributed by atoms with Crippen molar-refractivity contribution in [3.05, 3.63) is 89.5 Å². The molecule has 1 amide bonds. The molecule has 43 heavy (non-hydrogen) atoms. The summed E-state index contributed by atoms with van der Waals surface area (Å²) in [7, 11) is 0. The predicted octanol–water partition coefficient (Wildman–Crippen LogP) is 6.24. The molecule has 0 unspecified atom stereocenters. The highest BCUT2D eigenvalue weighted by Crippen LogP contribution is 2.34. The molecule has 1 aliphatic heterocycles. The molecule has 0 aromatic heterocycles. The maximum Gasteiger partial charge on any atom is 0.417 e. The normalized spacial score (nSPS) is 19.0. The quantitative estimate of drug-likeness (QED) is 0.317. The number of benzene rings is 3. The Bertz CT molecular complexity index is 1390. The number of nitrogens with zero attached hydrogens (tertiary/aromatic N) is 3. The number of carbonyl (C=O) groups excluding carboxylic acids is 1. The van der Waals surface area contributed by atoms with Crippen LogP contribution in [-0.4, -0.2) is 55.7 Å². The first-order chi connectivity index (χ1) is 20.8. The second kappa shape index (κ2) is 13.8. The van der Waals surface area contributed by atoms with Gasteiger partial charge in [-0.1, -0.05) is 30.3 Å². The minimum absolute atomic E-state index is 0.00198. The monoisotopic (exact) mass is 592 g/mol. The predicted molar refractivity (Wildman–Crippen MR) is 158 cm³/mol. The van der Waals surface area contributed by atoms with Crippen LogP contribution < -0.4 is 15.0 Å². The van der Waals surface area contributed by atoms with Crippen LogP contribution in [0.3, 0.4) is 0 Å². The summed E-state index contributed by atoms with van der Waals surface area (Å²) < 4.78 is 51.6. The van der Waals surface area contributed by atoms with Crippen molar-refractivity contribution in [2.24, 2.45) is 0 Å². The van der Waals surface area contributed by atoms with Crippen LogP contribution in [0.1, 0.15) is 42.4 Å². The third-order valence-electron chi connectivity index (χ3n) is 8.02. The Morgan fingerprint density at radius 1 is 0.930 bits per heavy atom. The zero-order valence-electron chi connectivity index (χ0n) is 23.9. The Morgan fingerprint density at radius 2 is 1.63 bits per heavy atom. The molecule has 10 heteroatoms. The van der Waals surface area contributed by atoms with Gasteiger partial charge in [-0.3, -0.25) is 4.79 Å². The second-order valence-electron chi connectivity index (χ2n) is 10.9. The number of hydrogen-bond acceptors (Lipinski definition) is 6. The molecule has 7 nitrogen and oxygen atoms in total. The summed E-state index contributed by atoms with van der Waals surface area (Å²) >= 11 is 0. The van der Waals surface area contributed by atoms with Crippen molar-refractivity contribution >= 4 is 17.3 Å². The van der Waals surface area contributed by atoms with E-state index in [1.165, 1.54) is 12.1 Å². The van der Waals surface area contributed by atoms with E-state index >= 15 is 0 Å². The molecule has 0 spiro atoms. The molecule has 2 aliphatic rings. The molecule has 1 saturated heterocycles. The van der Waals surface area contributed by atoms with E-state index in [9.17, 15) is 18.0 Å². The van der Waals surface area contributed by atoms with Gasteiger partial charge in [0.2, 0.25) is 5.91 Å². The van der Waals surface area contributed by atoms with Crippen LogP contribution >= 0.6 is 0 Å². The van der Waals surface area contributed by atoms with Crippen LogP contribution in [-0.2, 0) is 22.3 Å². The summed E-state index contributed by atoms with van der Waals surface area (Å²) in [4.78, 5) is 16.9. The van der Waals surface area contributed by atoms with E-state index in [2.05, 4.69) is 10.2 Å². The third-order valence-corrected chi connectivity index (χ3v) is 8.02. The summed E-state index contributed by atoms with van der Waals surface area (Å²) in [5, 5.41) is 12.2. The molecule has 1 N–H and O–H groups in total. The number of piperazine rings is 1. The van der Waals surface area contributed by atoms with Gasteiger partial charge in [0.1, 0.15) is 19.0 Å². The van der Waals surface area contributed by atoms with Crippen molar-refractivity contribution in [1.29, 1.82) is 5.26 Å². The zero-order chi connectivity index (χ0) is 30.2. The zero-order valence-corrected chi connectivity index (χ0v) is 23.9. The largest absolute Gasteiger partial charge is 0.489 e. The Hall–Kier alpha value is -4.23. The van der Waals surface area contributed by atoms with Crippen LogP contribution in [0.15, 0.2) is 72.8 Å². The number of hydrogen-bond donors (Lipinski definition) is 1. The lowest BCUT2D eigenvalue weighted by atomic mass is 9.92. The summed E-state index contributed by atoms with van der Waals surface area (Å²) in [6.45, 7) is 3.26. The van der Waals surface area contributed by atoms with E-state index in [4.69, 9.17) is 14.7 Å². The smallest absolute Gasteiger partial charge is 0.417 e. The molecule has 3 aromatic rings. The molecule has 0 atom stereocenters. The molecule has 5 rings (SSSR count). The fourth-order valence-corrected chi connectivity index (χ4v) is 5.56. The van der Waals surface area contributed by atoms with Gasteiger partial charge in [-0.15, -0.1) is 0 Å². The van der Waals surface area contributed by atoms with Crippen molar-refractivity contribution in [3.8, 4) is 11.8 Å². The minimum atomic E-state index is -4.59. The van der Waals surface area contributed by atoms with E-state index in [1.54, 1.807) is 6.07 Å². The first kappa shape index (κ1) is 30.2. The lowest BCUT2D eigenvalue weighted by Crippen LogP contribution is -2.50. The molecule has 1 saturated carbocycles. The fraction of sp³-hybridized carbons (Fsp3) is 0.394. The van der Waals surface area contributed by atoms with Crippen LogP contribution in [0.4, 0.5) is 24.5 Å². The topological polar surface area (TPSA) is 77.8 Å². The molecule has 0 bridgehead atoms. The summed E-state index contributed by atoms with van der Waals surface area (Å²) in [6.07, 6.45) is -1.78. The maximum absolute atomic E-state index is 13.3. The van der Waals surface area contributed by atoms with E-state index in [-0.39, 0.29) is 30.2 Å². The summed E-state index contributed by atoms with van der Waals surface area (Å²) in [5.74, 6) is 0.787. The number of halogens is 3. The SMILES string of the molecule is N#Cc1ccc(NC2CCC(OCC(=O)N3CCN(c4ccc(OCc5ccccc5)cc4)CC3)CC2)cc1C(F)(F)F. The highest BCUT2D eigenvalue weighted by atomic mass is 19.4. The molecule has 0 radical (unpaired) electrons. The van der Waals surface area contributed by atoms with E-state index in [0.717, 1.165) is 49.0 Å². The van der Waals surface area contributed by atoms with Gasteiger partial charge >= 0.3 is 6.18 Å². The Balaban J connectivity index is 1.00. The highest BCUT2D eigenvalue weighted by Gasteiger charge is 2.34. The van der Waals surface area contributed by atoms with Crippen LogP contribution in [0, 0.1) is 11.3 Å². The minimum Gasteiger partial charge on any atom is -0.489 e. The van der Waals surface area contributed by atoms with Crippen molar-refractivity contribution in [2.75, 3.05) is 43.0 Å². The summed E-state index contributed by atoms with van der Waals surface area (Å²) in [5.41, 5.74) is 1.24. The number of nitriles is 1. The molecule has 1 aliphatic carbocycles. The van der Waals surface area contributed by atoms with E-state index in [1.807, 2.05) is 59.5 Å². The number of ether oxygens (including phenoxy) is 2. The number of nitrogens with one attached hydrogen (secondary N) is 1. The van der Waals surface area contributed by atoms with Gasteiger partial charge < -0.3 is 24.6 Å². The van der Waals surface area contributed by atoms with Gasteiger partial charge in [-0.2, -0.15) is 18.4 Å². The van der Waals surface area contributed by atoms with Crippen molar-refractivity contribution < 1.29 is 27.4 Å².